The molecule has 2 saturated carbocycles. The van der Waals surface area contributed by atoms with Crippen molar-refractivity contribution in [3.05, 3.63) is 61.7 Å². The third-order valence-electron chi connectivity index (χ3n) is 10.1. The van der Waals surface area contributed by atoms with Crippen molar-refractivity contribution in [3.8, 4) is 0 Å². The Hall–Kier alpha value is -3.12. The number of aromatic nitrogens is 1. The van der Waals surface area contributed by atoms with Crippen molar-refractivity contribution < 1.29 is 28.7 Å². The predicted octanol–water partition coefficient (Wildman–Crippen LogP) is 5.13. The van der Waals surface area contributed by atoms with Crippen molar-refractivity contribution in [2.45, 2.75) is 56.9 Å². The number of hydrogen-bond donors (Lipinski definition) is 0. The highest BCUT2D eigenvalue weighted by molar-refractivity contribution is 7.09. The van der Waals surface area contributed by atoms with Crippen LogP contribution in [0, 0.1) is 17.8 Å². The summed E-state index contributed by atoms with van der Waals surface area (Å²) in [6.07, 6.45) is 6.19. The van der Waals surface area contributed by atoms with E-state index in [0.717, 1.165) is 43.8 Å². The van der Waals surface area contributed by atoms with Crippen LogP contribution in [0.3, 0.4) is 0 Å². The number of esters is 2. The number of halogens is 2. The van der Waals surface area contributed by atoms with Gasteiger partial charge in [-0.3, -0.25) is 24.3 Å². The lowest BCUT2D eigenvalue weighted by molar-refractivity contribution is -0.143. The molecule has 1 saturated heterocycles. The second kappa shape index (κ2) is 14.6. The van der Waals surface area contributed by atoms with Crippen LogP contribution < -0.4 is 0 Å². The summed E-state index contributed by atoms with van der Waals surface area (Å²) in [7, 11) is 2.53. The van der Waals surface area contributed by atoms with Gasteiger partial charge in [0, 0.05) is 83.7 Å². The highest BCUT2D eigenvalue weighted by Gasteiger charge is 2.47. The molecule has 1 aromatic heterocycles. The number of piperazine rings is 1. The van der Waals surface area contributed by atoms with Gasteiger partial charge in [-0.25, -0.2) is 9.78 Å². The standard InChI is InChI=1S/C34H38Cl2N4O6S/c1-45-33(43)29-24(8-9-26-37-10-15-47-26)38-25(30(34(44)46-2)31(29)28-22(35)4-3-5-23(28)36)18-27(41)40-13-11-39(12-14-40)21-16-19-6-7-20(17-21)32(19)42/h3-5,10,15,19-21,29,31H,6-9,11-14,16-18H2,1-2H3. The van der Waals surface area contributed by atoms with E-state index in [9.17, 15) is 19.2 Å². The number of Topliss-reactive ketones (excluding diaryl/α,β-unsaturated/α-hetero) is 1. The second-order valence-corrected chi connectivity index (χ2v) is 14.4. The zero-order valence-corrected chi connectivity index (χ0v) is 28.8. The lowest BCUT2D eigenvalue weighted by atomic mass is 9.74. The van der Waals surface area contributed by atoms with Gasteiger partial charge in [0.1, 0.15) is 11.7 Å². The van der Waals surface area contributed by atoms with E-state index in [-0.39, 0.29) is 45.5 Å². The molecule has 2 bridgehead atoms. The van der Waals surface area contributed by atoms with Gasteiger partial charge in [0.05, 0.1) is 36.9 Å². The maximum atomic E-state index is 13.9. The number of fused-ring (bicyclic) bond motifs is 2. The van der Waals surface area contributed by atoms with Gasteiger partial charge in [-0.15, -0.1) is 11.3 Å². The van der Waals surface area contributed by atoms with Gasteiger partial charge in [-0.05, 0) is 49.8 Å². The van der Waals surface area contributed by atoms with Crippen LogP contribution >= 0.6 is 34.5 Å². The molecule has 2 aliphatic heterocycles. The monoisotopic (exact) mass is 700 g/mol. The molecule has 4 aliphatic rings. The number of nitrogens with zero attached hydrogens (tertiary/aromatic N) is 4. The molecule has 250 valence electrons. The Balaban J connectivity index is 1.30. The molecule has 10 nitrogen and oxygen atoms in total. The van der Waals surface area contributed by atoms with Crippen LogP contribution in [0.15, 0.2) is 46.0 Å². The van der Waals surface area contributed by atoms with Crippen LogP contribution in [-0.4, -0.2) is 90.6 Å². The number of methoxy groups -OCH3 is 2. The zero-order valence-electron chi connectivity index (χ0n) is 26.5. The average Bonchev–Trinajstić information content (AvgIpc) is 3.65. The molecular weight excluding hydrogens is 663 g/mol. The largest absolute Gasteiger partial charge is 0.468 e. The van der Waals surface area contributed by atoms with Crippen LogP contribution in [0.2, 0.25) is 10.0 Å². The fraction of sp³-hybridized carbons (Fsp3) is 0.529. The van der Waals surface area contributed by atoms with Gasteiger partial charge < -0.3 is 14.4 Å². The molecule has 4 atom stereocenters. The molecular formula is C34H38Cl2N4O6S. The number of carbonyl (C=O) groups excluding carboxylic acids is 4. The number of aliphatic imine (C=N–C) groups is 1. The van der Waals surface area contributed by atoms with Crippen molar-refractivity contribution in [1.82, 2.24) is 14.8 Å². The van der Waals surface area contributed by atoms with E-state index in [2.05, 4.69) is 9.88 Å². The van der Waals surface area contributed by atoms with E-state index in [1.54, 1.807) is 29.3 Å². The average molecular weight is 702 g/mol. The molecule has 2 aromatic rings. The lowest BCUT2D eigenvalue weighted by Crippen LogP contribution is -2.53. The zero-order chi connectivity index (χ0) is 33.2. The molecule has 1 amide bonds. The summed E-state index contributed by atoms with van der Waals surface area (Å²) in [5, 5.41) is 3.26. The number of hydrogen-bond acceptors (Lipinski definition) is 10. The minimum absolute atomic E-state index is 0.0604. The number of aryl methyl sites for hydroxylation is 1. The van der Waals surface area contributed by atoms with Crippen molar-refractivity contribution in [1.29, 1.82) is 0 Å². The Bertz CT molecular complexity index is 1570. The highest BCUT2D eigenvalue weighted by Crippen LogP contribution is 2.47. The molecule has 2 aliphatic carbocycles. The second-order valence-electron chi connectivity index (χ2n) is 12.6. The molecule has 6 rings (SSSR count). The fourth-order valence-corrected chi connectivity index (χ4v) is 9.06. The van der Waals surface area contributed by atoms with E-state index in [0.29, 0.717) is 49.0 Å². The van der Waals surface area contributed by atoms with Gasteiger partial charge in [0.2, 0.25) is 5.91 Å². The number of benzene rings is 1. The van der Waals surface area contributed by atoms with Crippen LogP contribution in [0.5, 0.6) is 0 Å². The molecule has 47 heavy (non-hydrogen) atoms. The molecule has 4 unspecified atom stereocenters. The predicted molar refractivity (Wildman–Crippen MR) is 179 cm³/mol. The Morgan fingerprint density at radius 1 is 0.979 bits per heavy atom. The van der Waals surface area contributed by atoms with E-state index >= 15 is 0 Å². The van der Waals surface area contributed by atoms with Crippen molar-refractivity contribution >= 4 is 63.9 Å². The van der Waals surface area contributed by atoms with Gasteiger partial charge in [0.15, 0.2) is 0 Å². The number of amides is 1. The number of ketones is 1. The number of rotatable bonds is 9. The first kappa shape index (κ1) is 33.8. The molecule has 0 spiro atoms. The minimum atomic E-state index is -1.04. The van der Waals surface area contributed by atoms with Crippen molar-refractivity contribution in [3.63, 3.8) is 0 Å². The summed E-state index contributed by atoms with van der Waals surface area (Å²) >= 11 is 14.9. The van der Waals surface area contributed by atoms with Crippen LogP contribution in [0.4, 0.5) is 0 Å². The molecule has 0 N–H and O–H groups in total. The minimum Gasteiger partial charge on any atom is -0.468 e. The Kier molecular flexibility index (Phi) is 10.5. The Morgan fingerprint density at radius 2 is 1.66 bits per heavy atom. The Labute approximate surface area is 288 Å². The third-order valence-corrected chi connectivity index (χ3v) is 11.6. The first-order valence-electron chi connectivity index (χ1n) is 16.0. The molecule has 1 aromatic carbocycles. The van der Waals surface area contributed by atoms with E-state index in [1.807, 2.05) is 5.38 Å². The summed E-state index contributed by atoms with van der Waals surface area (Å²) < 4.78 is 10.5. The summed E-state index contributed by atoms with van der Waals surface area (Å²) in [5.74, 6) is -2.73. The summed E-state index contributed by atoms with van der Waals surface area (Å²) in [5.41, 5.74) is 1.11. The lowest BCUT2D eigenvalue weighted by Gasteiger charge is -2.42. The highest BCUT2D eigenvalue weighted by atomic mass is 35.5. The van der Waals surface area contributed by atoms with E-state index in [1.165, 1.54) is 25.6 Å². The van der Waals surface area contributed by atoms with Gasteiger partial charge in [0.25, 0.3) is 0 Å². The van der Waals surface area contributed by atoms with Gasteiger partial charge in [-0.1, -0.05) is 29.3 Å². The van der Waals surface area contributed by atoms with Crippen LogP contribution in [0.25, 0.3) is 0 Å². The van der Waals surface area contributed by atoms with Crippen molar-refractivity contribution in [2.24, 2.45) is 22.7 Å². The summed E-state index contributed by atoms with van der Waals surface area (Å²) in [6.45, 7) is 2.50. The SMILES string of the molecule is COC(=O)C1=C(CC(=O)N2CCN(C3CC4CCC(C3)C4=O)CC2)N=C(CCc2nccs2)C(C(=O)OC)C1c1c(Cl)cccc1Cl. The van der Waals surface area contributed by atoms with Gasteiger partial charge >= 0.3 is 11.9 Å². The third kappa shape index (κ3) is 6.90. The number of thiazole rings is 1. The fourth-order valence-electron chi connectivity index (χ4n) is 7.80. The maximum Gasteiger partial charge on any atom is 0.336 e. The first-order chi connectivity index (χ1) is 22.7. The Morgan fingerprint density at radius 3 is 2.26 bits per heavy atom. The summed E-state index contributed by atoms with van der Waals surface area (Å²) in [6, 6.07) is 5.34. The normalized spacial score (nSPS) is 26.3. The quantitative estimate of drug-likeness (QED) is 0.331. The molecule has 0 radical (unpaired) electrons. The maximum absolute atomic E-state index is 13.9. The number of carbonyl (C=O) groups is 4. The molecule has 3 heterocycles. The number of ether oxygens (including phenoxy) is 2. The molecule has 3 fully saturated rings. The van der Waals surface area contributed by atoms with Crippen LogP contribution in [0.1, 0.15) is 55.0 Å². The van der Waals surface area contributed by atoms with Crippen molar-refractivity contribution in [2.75, 3.05) is 40.4 Å². The first-order valence-corrected chi connectivity index (χ1v) is 17.7. The smallest absolute Gasteiger partial charge is 0.336 e. The van der Waals surface area contributed by atoms with Gasteiger partial charge in [-0.2, -0.15) is 0 Å². The van der Waals surface area contributed by atoms with E-state index < -0.39 is 23.8 Å². The van der Waals surface area contributed by atoms with Crippen LogP contribution in [-0.2, 0) is 35.1 Å². The van der Waals surface area contributed by atoms with E-state index in [4.69, 9.17) is 37.7 Å². The topological polar surface area (TPSA) is 118 Å². The summed E-state index contributed by atoms with van der Waals surface area (Å²) in [4.78, 5) is 66.9. The molecule has 13 heteroatoms.